The molecular weight excluding hydrogens is 507 g/mol. The van der Waals surface area contributed by atoms with Gasteiger partial charge in [-0.2, -0.15) is 0 Å². The Morgan fingerprint density at radius 2 is 1.41 bits per heavy atom. The van der Waals surface area contributed by atoms with Gasteiger partial charge in [0.2, 0.25) is 0 Å². The van der Waals surface area contributed by atoms with Gasteiger partial charge in [-0.25, -0.2) is 0 Å². The quantitative estimate of drug-likeness (QED) is 0.225. The lowest BCUT2D eigenvalue weighted by molar-refractivity contribution is 0.0512. The van der Waals surface area contributed by atoms with Gasteiger partial charge in [0.15, 0.2) is 23.0 Å². The fraction of sp³-hybridized carbons (Fsp3) is 0.793. The molecule has 1 aliphatic heterocycles. The first-order valence-corrected chi connectivity index (χ1v) is 14.1. The molecule has 0 spiro atoms. The van der Waals surface area contributed by atoms with E-state index >= 15 is 0 Å². The van der Waals surface area contributed by atoms with E-state index in [1.165, 1.54) is 73.6 Å². The fourth-order valence-electron chi connectivity index (χ4n) is 5.38. The van der Waals surface area contributed by atoms with Crippen molar-refractivity contribution >= 4 is 23.0 Å². The van der Waals surface area contributed by atoms with Crippen molar-refractivity contribution in [2.75, 3.05) is 0 Å². The van der Waals surface area contributed by atoms with Gasteiger partial charge in [0, 0.05) is 5.56 Å². The molecule has 184 valence electrons. The summed E-state index contributed by atoms with van der Waals surface area (Å²) in [5.74, 6) is 4.73. The molecule has 3 unspecified atom stereocenters. The van der Waals surface area contributed by atoms with E-state index in [0.717, 1.165) is 48.5 Å². The molecule has 0 radical (unpaired) electrons. The maximum absolute atomic E-state index is 6.70. The van der Waals surface area contributed by atoms with Crippen molar-refractivity contribution in [3.05, 3.63) is 22.3 Å². The molecule has 2 rings (SSSR count). The van der Waals surface area contributed by atoms with Gasteiger partial charge in [-0.15, -0.1) is 0 Å². The second kappa shape index (κ2) is 12.9. The van der Waals surface area contributed by atoms with Crippen LogP contribution in [0.2, 0.25) is 0 Å². The minimum absolute atomic E-state index is 0.0337. The van der Waals surface area contributed by atoms with Crippen LogP contribution >= 0.6 is 23.0 Å². The van der Waals surface area contributed by atoms with Crippen molar-refractivity contribution in [1.82, 2.24) is 0 Å². The van der Waals surface area contributed by atoms with E-state index in [-0.39, 0.29) is 5.60 Å². The molecule has 0 fully saturated rings. The normalized spacial score (nSPS) is 20.1. The predicted molar refractivity (Wildman–Crippen MR) is 147 cm³/mol. The first kappa shape index (κ1) is 27.8. The van der Waals surface area contributed by atoms with E-state index < -0.39 is 0 Å². The summed E-state index contributed by atoms with van der Waals surface area (Å²) >= 11 is 2.01. The van der Waals surface area contributed by atoms with Gasteiger partial charge in [0.1, 0.15) is 17.1 Å². The highest BCUT2D eigenvalue weighted by Crippen LogP contribution is 2.45. The van der Waals surface area contributed by atoms with Crippen molar-refractivity contribution in [3.63, 3.8) is 0 Å². The summed E-state index contributed by atoms with van der Waals surface area (Å²) in [6, 6.07) is 0. The van der Waals surface area contributed by atoms with E-state index in [0.29, 0.717) is 0 Å². The largest absolute Gasteiger partial charge is 0.487 e. The maximum Gasteiger partial charge on any atom is 0.192 e. The van der Waals surface area contributed by atoms with Crippen molar-refractivity contribution in [2.24, 2.45) is 17.8 Å². The second-order valence-electron chi connectivity index (χ2n) is 11.5. The molecule has 0 saturated carbocycles. The van der Waals surface area contributed by atoms with Gasteiger partial charge in [-0.3, -0.25) is 0 Å². The van der Waals surface area contributed by atoms with Crippen molar-refractivity contribution < 1.29 is 7.80 Å². The van der Waals surface area contributed by atoms with E-state index in [9.17, 15) is 0 Å². The highest BCUT2D eigenvalue weighted by atomic mass is 127. The van der Waals surface area contributed by atoms with Gasteiger partial charge in [-0.05, 0) is 87.8 Å². The van der Waals surface area contributed by atoms with Crippen LogP contribution in [-0.4, -0.2) is 5.60 Å². The maximum atomic E-state index is 6.70. The summed E-state index contributed by atoms with van der Waals surface area (Å²) in [6.07, 6.45) is 14.3. The predicted octanol–water partition coefficient (Wildman–Crippen LogP) is 9.86. The monoisotopic (exact) mass is 556 g/mol. The van der Waals surface area contributed by atoms with E-state index in [2.05, 4.69) is 55.4 Å². The average Bonchev–Trinajstić information content (AvgIpc) is 2.72. The lowest BCUT2D eigenvalue weighted by Gasteiger charge is -2.38. The zero-order chi connectivity index (χ0) is 23.9. The minimum Gasteiger partial charge on any atom is -0.487 e. The molecule has 0 saturated heterocycles. The van der Waals surface area contributed by atoms with Crippen LogP contribution in [0.1, 0.15) is 121 Å². The third-order valence-electron chi connectivity index (χ3n) is 7.92. The summed E-state index contributed by atoms with van der Waals surface area (Å²) in [7, 11) is 0. The molecule has 0 amide bonds. The Morgan fingerprint density at radius 3 is 1.97 bits per heavy atom. The SMILES string of the molecule is Cc1c(C)c2c(c(C)c1OI)CCC(C)(CCCC(C)CCCC(C)CCCC(C)C)O2. The molecule has 0 bridgehead atoms. The van der Waals surface area contributed by atoms with E-state index in [1.54, 1.807) is 0 Å². The highest BCUT2D eigenvalue weighted by molar-refractivity contribution is 14.1. The number of fused-ring (bicyclic) bond motifs is 1. The van der Waals surface area contributed by atoms with Crippen molar-refractivity contribution in [1.29, 1.82) is 0 Å². The Morgan fingerprint density at radius 1 is 0.844 bits per heavy atom. The number of ether oxygens (including phenoxy) is 1. The summed E-state index contributed by atoms with van der Waals surface area (Å²) in [4.78, 5) is 0. The average molecular weight is 557 g/mol. The standard InChI is InChI=1S/C29H49IO2/c1-20(2)12-9-13-21(3)14-10-15-22(4)16-11-18-29(8)19-17-26-25(7)27(32-30)23(5)24(6)28(26)31-29/h20-22H,9-19H2,1-8H3. The van der Waals surface area contributed by atoms with Crippen LogP contribution in [0.3, 0.4) is 0 Å². The van der Waals surface area contributed by atoms with Crippen molar-refractivity contribution in [2.45, 2.75) is 132 Å². The molecule has 2 nitrogen and oxygen atoms in total. The zero-order valence-electron chi connectivity index (χ0n) is 22.2. The fourth-order valence-corrected chi connectivity index (χ4v) is 6.04. The van der Waals surface area contributed by atoms with Crippen molar-refractivity contribution in [3.8, 4) is 11.5 Å². The molecule has 1 aliphatic rings. The topological polar surface area (TPSA) is 18.5 Å². The van der Waals surface area contributed by atoms with Gasteiger partial charge in [0.05, 0.1) is 0 Å². The van der Waals surface area contributed by atoms with E-state index in [1.807, 2.05) is 23.0 Å². The number of hydrogen-bond acceptors (Lipinski definition) is 2. The number of hydrogen-bond donors (Lipinski definition) is 0. The van der Waals surface area contributed by atoms with Crippen LogP contribution in [0.5, 0.6) is 11.5 Å². The van der Waals surface area contributed by atoms with Gasteiger partial charge < -0.3 is 7.80 Å². The Bertz CT molecular complexity index is 727. The van der Waals surface area contributed by atoms with Crippen LogP contribution in [0.15, 0.2) is 0 Å². The van der Waals surface area contributed by atoms with Crippen LogP contribution < -0.4 is 7.80 Å². The number of benzene rings is 1. The second-order valence-corrected chi connectivity index (χ2v) is 11.9. The third kappa shape index (κ3) is 7.81. The lowest BCUT2D eigenvalue weighted by Crippen LogP contribution is -2.37. The van der Waals surface area contributed by atoms with Crippen LogP contribution in [0.4, 0.5) is 0 Å². The van der Waals surface area contributed by atoms with Crippen LogP contribution in [0, 0.1) is 38.5 Å². The van der Waals surface area contributed by atoms with Gasteiger partial charge in [-0.1, -0.05) is 72.6 Å². The molecule has 3 atom stereocenters. The molecule has 1 aromatic carbocycles. The first-order chi connectivity index (χ1) is 15.1. The number of halogens is 1. The minimum atomic E-state index is -0.0337. The van der Waals surface area contributed by atoms with Gasteiger partial charge >= 0.3 is 0 Å². The molecule has 0 aromatic heterocycles. The smallest absolute Gasteiger partial charge is 0.192 e. The Hall–Kier alpha value is -0.450. The molecule has 1 heterocycles. The highest BCUT2D eigenvalue weighted by Gasteiger charge is 2.34. The summed E-state index contributed by atoms with van der Waals surface area (Å²) < 4.78 is 12.4. The Labute approximate surface area is 213 Å². The molecule has 32 heavy (non-hydrogen) atoms. The lowest BCUT2D eigenvalue weighted by atomic mass is 9.84. The Kier molecular flexibility index (Phi) is 11.2. The summed E-state index contributed by atoms with van der Waals surface area (Å²) in [5.41, 5.74) is 5.04. The molecule has 0 N–H and O–H groups in total. The number of rotatable bonds is 13. The van der Waals surface area contributed by atoms with E-state index in [4.69, 9.17) is 7.80 Å². The molecule has 1 aromatic rings. The molecule has 0 aliphatic carbocycles. The summed E-state index contributed by atoms with van der Waals surface area (Å²) in [6.45, 7) is 18.4. The third-order valence-corrected chi connectivity index (χ3v) is 8.36. The van der Waals surface area contributed by atoms with Crippen LogP contribution in [-0.2, 0) is 6.42 Å². The van der Waals surface area contributed by atoms with Crippen LogP contribution in [0.25, 0.3) is 0 Å². The van der Waals surface area contributed by atoms with Gasteiger partial charge in [0.25, 0.3) is 0 Å². The summed E-state index contributed by atoms with van der Waals surface area (Å²) in [5, 5.41) is 0. The molecular formula is C29H49IO2. The zero-order valence-corrected chi connectivity index (χ0v) is 24.4. The first-order valence-electron chi connectivity index (χ1n) is 13.2. The molecule has 3 heteroatoms. The Balaban J connectivity index is 1.77.